The predicted octanol–water partition coefficient (Wildman–Crippen LogP) is 20.8. The zero-order valence-electron chi connectivity index (χ0n) is 58.2. The number of rotatable bonds is 7. The molecule has 15 rings (SSSR count). The Labute approximate surface area is 552 Å². The molecular weight excluding hydrogens is 1130 g/mol. The van der Waals surface area contributed by atoms with E-state index in [0.29, 0.717) is 41.4 Å². The molecular formula is C83H107N3O6. The van der Waals surface area contributed by atoms with E-state index < -0.39 is 0 Å². The molecule has 0 saturated carbocycles. The molecule has 0 amide bonds. The standard InChI is InChI=1S/C14H15NO.C12H17N.2C12H16O.C11H15NO.2C11H14O/c1-9(2)11-3-4-12-13-10(6-8-16-12)5-7-15-14(11)13;1-9(2)11-6-5-10-4-3-7-13-12(10)8-11;1-9(2)10-5-6-12-11(8-10)4-3-7-13-12;1-9(2)11-6-5-10-4-3-7-13-12(10)8-11;1-8(2)9-3-4-11-10(7-9)12-5-6-13-11;1-8(2)9-3-4-11-10(7-9)5-6-12-11;1-8(2)10-4-3-9-5-6-12-11(9)7-10/h3-5,7,9H,6,8H2,1-2H3;5-6,8-9,13H,3-4,7H2,1-2H3;2*5-6,8-9H,3-4,7H2,1-2H3;3-4,7-8,12H,5-6H2,1-2H3;2*3-4,7-8H,5-6H2,1-2H3. The van der Waals surface area contributed by atoms with Crippen LogP contribution in [0.1, 0.15) is 230 Å². The molecule has 92 heavy (non-hydrogen) atoms. The summed E-state index contributed by atoms with van der Waals surface area (Å²) < 4.78 is 33.3. The van der Waals surface area contributed by atoms with Crippen molar-refractivity contribution in [3.8, 4) is 34.5 Å². The highest BCUT2D eigenvalue weighted by molar-refractivity contribution is 5.91. The van der Waals surface area contributed by atoms with E-state index in [1.807, 2.05) is 6.20 Å². The molecule has 7 aliphatic rings. The minimum atomic E-state index is 0.499. The average Bonchev–Trinajstić information content (AvgIpc) is 1.02. The van der Waals surface area contributed by atoms with E-state index in [1.54, 1.807) is 0 Å². The number of nitrogens with one attached hydrogen (secondary N) is 2. The Morgan fingerprint density at radius 3 is 1.28 bits per heavy atom. The van der Waals surface area contributed by atoms with Gasteiger partial charge < -0.3 is 39.1 Å². The fourth-order valence-corrected chi connectivity index (χ4v) is 12.3. The van der Waals surface area contributed by atoms with Gasteiger partial charge in [0.25, 0.3) is 0 Å². The Hall–Kier alpha value is -7.65. The lowest BCUT2D eigenvalue weighted by Crippen LogP contribution is -2.18. The van der Waals surface area contributed by atoms with Gasteiger partial charge in [-0.2, -0.15) is 0 Å². The van der Waals surface area contributed by atoms with Crippen LogP contribution in [0.4, 0.5) is 11.4 Å². The summed E-state index contributed by atoms with van der Waals surface area (Å²) in [6, 6.07) is 45.9. The summed E-state index contributed by atoms with van der Waals surface area (Å²) in [5.41, 5.74) is 21.6. The van der Waals surface area contributed by atoms with Crippen molar-refractivity contribution in [1.82, 2.24) is 4.98 Å². The highest BCUT2D eigenvalue weighted by atomic mass is 16.5. The van der Waals surface area contributed by atoms with Gasteiger partial charge in [-0.3, -0.25) is 4.98 Å². The molecule has 8 aromatic rings. The number of benzene rings is 7. The molecule has 8 heterocycles. The molecule has 0 atom stereocenters. The first kappa shape index (κ1) is 68.7. The number of aryl methyl sites for hydroxylation is 3. The summed E-state index contributed by atoms with van der Waals surface area (Å²) in [4.78, 5) is 4.53. The van der Waals surface area contributed by atoms with Crippen LogP contribution in [0.2, 0.25) is 0 Å². The van der Waals surface area contributed by atoms with Gasteiger partial charge in [-0.05, 0) is 207 Å². The number of ether oxygens (including phenoxy) is 6. The summed E-state index contributed by atoms with van der Waals surface area (Å²) in [7, 11) is 0. The second kappa shape index (κ2) is 33.3. The number of fused-ring (bicyclic) bond motifs is 6. The second-order valence-electron chi connectivity index (χ2n) is 27.6. The molecule has 0 fully saturated rings. The molecule has 0 radical (unpaired) electrons. The minimum Gasteiger partial charge on any atom is -0.493 e. The molecule has 7 aliphatic heterocycles. The van der Waals surface area contributed by atoms with E-state index in [9.17, 15) is 0 Å². The molecule has 0 bridgehead atoms. The summed E-state index contributed by atoms with van der Waals surface area (Å²) >= 11 is 0. The van der Waals surface area contributed by atoms with Crippen molar-refractivity contribution in [3.63, 3.8) is 0 Å². The van der Waals surface area contributed by atoms with Crippen LogP contribution in [0.15, 0.2) is 134 Å². The Kier molecular flexibility index (Phi) is 24.8. The number of hydrogen-bond donors (Lipinski definition) is 2. The van der Waals surface area contributed by atoms with Crippen LogP contribution in [-0.2, 0) is 38.5 Å². The normalized spacial score (nSPS) is 14.8. The summed E-state index contributed by atoms with van der Waals surface area (Å²) in [6.07, 6.45) is 12.2. The van der Waals surface area contributed by atoms with Gasteiger partial charge >= 0.3 is 0 Å². The van der Waals surface area contributed by atoms with Crippen LogP contribution in [0.5, 0.6) is 34.5 Å². The molecule has 9 nitrogen and oxygen atoms in total. The van der Waals surface area contributed by atoms with Crippen molar-refractivity contribution in [1.29, 1.82) is 0 Å². The van der Waals surface area contributed by atoms with Crippen molar-refractivity contribution < 1.29 is 28.4 Å². The molecule has 0 aliphatic carbocycles. The van der Waals surface area contributed by atoms with Crippen molar-refractivity contribution in [2.75, 3.05) is 63.4 Å². The SMILES string of the molecule is CC(C)c1ccc2c(c1)CCCO2.CC(C)c1ccc2c(c1)CCO2.CC(C)c1ccc2c(c1)NCCC2.CC(C)c1ccc2c(c1)NCCO2.CC(C)c1ccc2c(c1)OCC2.CC(C)c1ccc2c(c1)OCCC2.CC(C)c1ccc2c3c(ccnc13)CCO2. The Morgan fingerprint density at radius 2 is 0.696 bits per heavy atom. The fourth-order valence-electron chi connectivity index (χ4n) is 12.3. The zero-order valence-corrected chi connectivity index (χ0v) is 58.2. The van der Waals surface area contributed by atoms with E-state index in [-0.39, 0.29) is 0 Å². The largest absolute Gasteiger partial charge is 0.493 e. The lowest BCUT2D eigenvalue weighted by molar-refractivity contribution is 0.288. The van der Waals surface area contributed by atoms with Gasteiger partial charge in [-0.15, -0.1) is 0 Å². The molecule has 0 unspecified atom stereocenters. The minimum absolute atomic E-state index is 0.499. The fraction of sp³-hybridized carbons (Fsp3) is 0.458. The topological polar surface area (TPSA) is 92.3 Å². The molecule has 9 heteroatoms. The van der Waals surface area contributed by atoms with E-state index in [1.165, 1.54) is 109 Å². The Bertz CT molecular complexity index is 3350. The van der Waals surface area contributed by atoms with E-state index >= 15 is 0 Å². The quantitative estimate of drug-likeness (QED) is 0.162. The first-order chi connectivity index (χ1) is 44.4. The maximum absolute atomic E-state index is 5.69. The first-order valence-electron chi connectivity index (χ1n) is 34.8. The molecule has 490 valence electrons. The molecule has 1 aromatic heterocycles. The Balaban J connectivity index is 0.000000127. The van der Waals surface area contributed by atoms with Crippen molar-refractivity contribution in [2.45, 2.75) is 196 Å². The third kappa shape index (κ3) is 18.6. The van der Waals surface area contributed by atoms with Gasteiger partial charge in [-0.1, -0.05) is 170 Å². The molecule has 7 aromatic carbocycles. The van der Waals surface area contributed by atoms with Crippen LogP contribution in [0.25, 0.3) is 10.9 Å². The van der Waals surface area contributed by atoms with Gasteiger partial charge in [0.1, 0.15) is 41.1 Å². The average molecular weight is 1240 g/mol. The van der Waals surface area contributed by atoms with E-state index in [0.717, 1.165) is 131 Å². The molecule has 2 N–H and O–H groups in total. The van der Waals surface area contributed by atoms with Crippen LogP contribution in [0.3, 0.4) is 0 Å². The van der Waals surface area contributed by atoms with Crippen molar-refractivity contribution in [3.05, 3.63) is 206 Å². The maximum atomic E-state index is 5.69. The van der Waals surface area contributed by atoms with Gasteiger partial charge in [0.2, 0.25) is 0 Å². The lowest BCUT2D eigenvalue weighted by atomic mass is 9.95. The smallest absolute Gasteiger partial charge is 0.142 e. The van der Waals surface area contributed by atoms with Gasteiger partial charge in [0.15, 0.2) is 0 Å². The van der Waals surface area contributed by atoms with Crippen LogP contribution in [0, 0.1) is 0 Å². The van der Waals surface area contributed by atoms with Gasteiger partial charge in [0, 0.05) is 49.6 Å². The van der Waals surface area contributed by atoms with E-state index in [4.69, 9.17) is 28.4 Å². The number of aromatic nitrogens is 1. The highest BCUT2D eigenvalue weighted by Gasteiger charge is 2.20. The molecule has 0 saturated heterocycles. The maximum Gasteiger partial charge on any atom is 0.142 e. The van der Waals surface area contributed by atoms with E-state index in [2.05, 4.69) is 240 Å². The van der Waals surface area contributed by atoms with Crippen LogP contribution >= 0.6 is 0 Å². The monoisotopic (exact) mass is 1240 g/mol. The van der Waals surface area contributed by atoms with Crippen LogP contribution in [-0.4, -0.2) is 57.7 Å². The highest BCUT2D eigenvalue weighted by Crippen LogP contribution is 2.37. The summed E-state index contributed by atoms with van der Waals surface area (Å²) in [6.45, 7) is 38.1. The number of nitrogens with zero attached hydrogens (tertiary/aromatic N) is 1. The zero-order chi connectivity index (χ0) is 65.3. The third-order valence-corrected chi connectivity index (χ3v) is 18.3. The summed E-state index contributed by atoms with van der Waals surface area (Å²) in [5, 5.41) is 8.01. The van der Waals surface area contributed by atoms with Gasteiger partial charge in [0.05, 0.1) is 44.2 Å². The third-order valence-electron chi connectivity index (χ3n) is 18.3. The molecule has 0 spiro atoms. The van der Waals surface area contributed by atoms with Crippen molar-refractivity contribution in [2.24, 2.45) is 0 Å². The number of pyridine rings is 1. The van der Waals surface area contributed by atoms with Gasteiger partial charge in [-0.25, -0.2) is 0 Å². The summed E-state index contributed by atoms with van der Waals surface area (Å²) in [5.74, 6) is 10.5. The number of hydrogen-bond acceptors (Lipinski definition) is 9. The predicted molar refractivity (Wildman–Crippen MR) is 385 cm³/mol. The second-order valence-corrected chi connectivity index (χ2v) is 27.6. The van der Waals surface area contributed by atoms with Crippen molar-refractivity contribution >= 4 is 22.3 Å². The number of anilines is 2. The lowest BCUT2D eigenvalue weighted by Gasteiger charge is -2.20. The first-order valence-corrected chi connectivity index (χ1v) is 34.8. The van der Waals surface area contributed by atoms with Crippen LogP contribution < -0.4 is 39.1 Å². The Morgan fingerprint density at radius 1 is 0.293 bits per heavy atom.